The molecule has 0 radical (unpaired) electrons. The number of carboxylic acid groups (broad SMARTS) is 1. The highest BCUT2D eigenvalue weighted by Gasteiger charge is 2.55. The maximum absolute atomic E-state index is 16.4. The second-order valence-corrected chi connectivity index (χ2v) is 16.3. The average Bonchev–Trinajstić information content (AvgIpc) is 3.71. The van der Waals surface area contributed by atoms with E-state index in [0.29, 0.717) is 53.6 Å². The van der Waals surface area contributed by atoms with E-state index in [2.05, 4.69) is 37.2 Å². The molecule has 2 aliphatic heterocycles. The van der Waals surface area contributed by atoms with Gasteiger partial charge in [-0.2, -0.15) is 8.78 Å². The molecule has 4 N–H and O–H groups in total. The Morgan fingerprint density at radius 3 is 2.26 bits per heavy atom. The number of rotatable bonds is 8. The summed E-state index contributed by atoms with van der Waals surface area (Å²) in [4.78, 5) is 45.5. The van der Waals surface area contributed by atoms with Gasteiger partial charge in [0.1, 0.15) is 17.7 Å². The van der Waals surface area contributed by atoms with Crippen LogP contribution in [0.2, 0.25) is 0 Å². The van der Waals surface area contributed by atoms with Gasteiger partial charge in [0.15, 0.2) is 0 Å². The van der Waals surface area contributed by atoms with E-state index in [9.17, 15) is 14.7 Å². The fourth-order valence-electron chi connectivity index (χ4n) is 9.22. The van der Waals surface area contributed by atoms with Crippen molar-refractivity contribution in [2.75, 3.05) is 20.1 Å². The van der Waals surface area contributed by atoms with Crippen LogP contribution in [0.3, 0.4) is 0 Å². The van der Waals surface area contributed by atoms with Crippen molar-refractivity contribution in [3.63, 3.8) is 0 Å². The Kier molecular flexibility index (Phi) is 8.18. The Morgan fingerprint density at radius 1 is 0.944 bits per heavy atom. The number of carbonyl (C=O) groups excluding carboxylic acids is 1. The number of fused-ring (bicyclic) bond motifs is 2. The highest BCUT2D eigenvalue weighted by molar-refractivity contribution is 5.89. The van der Waals surface area contributed by atoms with Gasteiger partial charge in [0, 0.05) is 23.2 Å². The Hall–Kier alpha value is -5.10. The zero-order chi connectivity index (χ0) is 37.5. The first-order valence-electron chi connectivity index (χ1n) is 19.1. The van der Waals surface area contributed by atoms with Gasteiger partial charge in [0.2, 0.25) is 5.91 Å². The van der Waals surface area contributed by atoms with Gasteiger partial charge in [0.05, 0.1) is 35.9 Å². The maximum atomic E-state index is 16.4. The Bertz CT molecular complexity index is 2210. The average molecular weight is 734 g/mol. The van der Waals surface area contributed by atoms with Crippen molar-refractivity contribution in [1.29, 1.82) is 0 Å². The van der Waals surface area contributed by atoms with Gasteiger partial charge in [-0.15, -0.1) is 0 Å². The minimum atomic E-state index is -3.16. The summed E-state index contributed by atoms with van der Waals surface area (Å²) in [5.41, 5.74) is 6.33. The second-order valence-electron chi connectivity index (χ2n) is 16.3. The van der Waals surface area contributed by atoms with Crippen molar-refractivity contribution in [2.45, 2.75) is 82.8 Å². The molecule has 280 valence electrons. The number of halogens is 2. The van der Waals surface area contributed by atoms with E-state index in [1.807, 2.05) is 50.4 Å². The normalized spacial score (nSPS) is 23.1. The molecule has 10 nitrogen and oxygen atoms in total. The zero-order valence-corrected chi connectivity index (χ0v) is 30.8. The molecule has 9 rings (SSSR count). The lowest BCUT2D eigenvalue weighted by Crippen LogP contribution is -2.51. The number of hydrogen-bond acceptors (Lipinski definition) is 5. The number of aromatic amines is 2. The molecule has 2 saturated heterocycles. The topological polar surface area (TPSA) is 130 Å². The van der Waals surface area contributed by atoms with Crippen molar-refractivity contribution in [2.24, 2.45) is 11.3 Å². The molecular formula is C42H45F2N7O3. The fraction of sp³-hybridized carbons (Fsp3) is 0.429. The predicted octanol–water partition coefficient (Wildman–Crippen LogP) is 8.32. The van der Waals surface area contributed by atoms with Crippen LogP contribution < -0.4 is 5.32 Å². The molecule has 2 aromatic heterocycles. The SMILES string of the molecule is CC(C)C(NC(=O)O)C(=O)N1CC2(CC2)CC1c1ncc(-c2ccc3c(c2)C(F)(F)C2=C3CCC(c3ccc(-c4cnc(C5CCCN5C)[nH]4)cc3)=C2)[nH]1. The van der Waals surface area contributed by atoms with Crippen LogP contribution in [-0.4, -0.2) is 73.0 Å². The number of benzene rings is 2. The van der Waals surface area contributed by atoms with Crippen LogP contribution in [0.15, 0.2) is 66.5 Å². The molecule has 3 unspecified atom stereocenters. The number of likely N-dealkylation sites (tertiary alicyclic amines) is 2. The fourth-order valence-corrected chi connectivity index (χ4v) is 9.22. The molecule has 3 fully saturated rings. The van der Waals surface area contributed by atoms with Gasteiger partial charge in [-0.05, 0) is 110 Å². The third kappa shape index (κ3) is 5.86. The number of hydrogen-bond donors (Lipinski definition) is 4. The summed E-state index contributed by atoms with van der Waals surface area (Å²) >= 11 is 0. The molecule has 1 spiro atoms. The number of allylic oxidation sites excluding steroid dienone is 4. The molecule has 54 heavy (non-hydrogen) atoms. The molecule has 3 atom stereocenters. The molecule has 4 aromatic rings. The molecule has 5 aliphatic rings. The van der Waals surface area contributed by atoms with Crippen LogP contribution in [0.25, 0.3) is 33.7 Å². The third-order valence-electron chi connectivity index (χ3n) is 12.5. The number of H-pyrrole nitrogens is 2. The van der Waals surface area contributed by atoms with Crippen molar-refractivity contribution in [3.8, 4) is 22.5 Å². The highest BCUT2D eigenvalue weighted by Crippen LogP contribution is 2.59. The largest absolute Gasteiger partial charge is 0.465 e. The lowest BCUT2D eigenvalue weighted by atomic mass is 9.88. The smallest absolute Gasteiger partial charge is 0.405 e. The summed E-state index contributed by atoms with van der Waals surface area (Å²) in [6.07, 6.45) is 10.1. The summed E-state index contributed by atoms with van der Waals surface area (Å²) in [6, 6.07) is 12.4. The number of nitrogens with one attached hydrogen (secondary N) is 3. The van der Waals surface area contributed by atoms with E-state index in [4.69, 9.17) is 0 Å². The van der Waals surface area contributed by atoms with Gasteiger partial charge in [0.25, 0.3) is 5.92 Å². The van der Waals surface area contributed by atoms with Gasteiger partial charge < -0.3 is 25.3 Å². The first-order valence-corrected chi connectivity index (χ1v) is 19.1. The first-order chi connectivity index (χ1) is 25.9. The van der Waals surface area contributed by atoms with Crippen molar-refractivity contribution in [1.82, 2.24) is 35.1 Å². The van der Waals surface area contributed by atoms with Gasteiger partial charge in [-0.1, -0.05) is 50.2 Å². The summed E-state index contributed by atoms with van der Waals surface area (Å²) in [5, 5.41) is 11.8. The monoisotopic (exact) mass is 733 g/mol. The van der Waals surface area contributed by atoms with Crippen LogP contribution in [0.4, 0.5) is 13.6 Å². The minimum absolute atomic E-state index is 0.00826. The summed E-state index contributed by atoms with van der Waals surface area (Å²) in [5.74, 6) is -2.10. The number of amides is 2. The van der Waals surface area contributed by atoms with E-state index >= 15 is 8.78 Å². The van der Waals surface area contributed by atoms with Crippen LogP contribution >= 0.6 is 0 Å². The number of alkyl halides is 2. The van der Waals surface area contributed by atoms with E-state index in [0.717, 1.165) is 66.9 Å². The lowest BCUT2D eigenvalue weighted by Gasteiger charge is -2.29. The number of imidazole rings is 2. The highest BCUT2D eigenvalue weighted by atomic mass is 19.3. The summed E-state index contributed by atoms with van der Waals surface area (Å²) in [7, 11) is 2.13. The van der Waals surface area contributed by atoms with Crippen LogP contribution in [0, 0.1) is 11.3 Å². The summed E-state index contributed by atoms with van der Waals surface area (Å²) in [6.45, 7) is 5.25. The molecule has 2 amide bonds. The Morgan fingerprint density at radius 2 is 1.61 bits per heavy atom. The first kappa shape index (κ1) is 34.7. The van der Waals surface area contributed by atoms with E-state index < -0.39 is 18.1 Å². The summed E-state index contributed by atoms with van der Waals surface area (Å²) < 4.78 is 32.8. The van der Waals surface area contributed by atoms with Crippen molar-refractivity contribution < 1.29 is 23.5 Å². The zero-order valence-electron chi connectivity index (χ0n) is 30.8. The number of aromatic nitrogens is 4. The Labute approximate surface area is 312 Å². The molecule has 1 saturated carbocycles. The lowest BCUT2D eigenvalue weighted by molar-refractivity contribution is -0.135. The quantitative estimate of drug-likeness (QED) is 0.144. The predicted molar refractivity (Wildman–Crippen MR) is 201 cm³/mol. The van der Waals surface area contributed by atoms with Crippen LogP contribution in [0.1, 0.15) is 99.2 Å². The standard InChI is InChI=1S/C42H45F2N7O3/c1-23(2)36(49-40(53)54)39(52)51-22-41(14-15-41)19-35(51)38-46-21-33(48-38)27-11-13-29-28-12-10-26(17-30(28)42(43,44)31(29)18-27)24-6-8-25(9-7-24)32-20-45-37(47-32)34-5-4-16-50(34)3/h6-9,11,13,17-18,20-21,23,34-36,49H,4-5,10,12,14-16,19,22H2,1-3H3,(H,45,47)(H,46,48)(H,53,54). The van der Waals surface area contributed by atoms with E-state index in [-0.39, 0.29) is 34.4 Å². The molecule has 3 aliphatic carbocycles. The van der Waals surface area contributed by atoms with Crippen molar-refractivity contribution >= 4 is 23.1 Å². The van der Waals surface area contributed by atoms with Gasteiger partial charge in [-0.3, -0.25) is 9.69 Å². The Balaban J connectivity index is 0.940. The van der Waals surface area contributed by atoms with Crippen LogP contribution in [-0.2, 0) is 10.7 Å². The van der Waals surface area contributed by atoms with Crippen molar-refractivity contribution in [3.05, 3.63) is 94.8 Å². The molecule has 2 aromatic carbocycles. The maximum Gasteiger partial charge on any atom is 0.405 e. The molecular weight excluding hydrogens is 689 g/mol. The second kappa shape index (κ2) is 12.8. The molecule has 12 heteroatoms. The van der Waals surface area contributed by atoms with Gasteiger partial charge in [-0.25, -0.2) is 14.8 Å². The molecule has 0 bridgehead atoms. The molecule has 4 heterocycles. The minimum Gasteiger partial charge on any atom is -0.465 e. The van der Waals surface area contributed by atoms with Crippen LogP contribution in [0.5, 0.6) is 0 Å². The third-order valence-corrected chi connectivity index (χ3v) is 12.5. The number of carbonyl (C=O) groups is 2. The van der Waals surface area contributed by atoms with Gasteiger partial charge >= 0.3 is 6.09 Å². The van der Waals surface area contributed by atoms with E-state index in [1.54, 1.807) is 29.3 Å². The van der Waals surface area contributed by atoms with E-state index in [1.165, 1.54) is 0 Å². The number of nitrogens with zero attached hydrogens (tertiary/aromatic N) is 4.